The molecule has 0 saturated carbocycles. The number of anilines is 1. The minimum absolute atomic E-state index is 0.00924. The molecule has 3 rings (SSSR count). The van der Waals surface area contributed by atoms with Crippen molar-refractivity contribution >= 4 is 38.4 Å². The first kappa shape index (κ1) is 15.6. The number of fused-ring (bicyclic) bond motifs is 1. The molecular formula is C15H13ClN2O4S. The molecule has 0 atom stereocenters. The Kier molecular flexibility index (Phi) is 3.69. The highest BCUT2D eigenvalue weighted by Crippen LogP contribution is 2.29. The van der Waals surface area contributed by atoms with Crippen molar-refractivity contribution in [1.29, 1.82) is 0 Å². The van der Waals surface area contributed by atoms with Gasteiger partial charge in [-0.2, -0.15) is 0 Å². The minimum atomic E-state index is -3.91. The van der Waals surface area contributed by atoms with Gasteiger partial charge in [-0.3, -0.25) is 9.29 Å². The first-order valence-corrected chi connectivity index (χ1v) is 8.53. The van der Waals surface area contributed by atoms with Gasteiger partial charge in [-0.1, -0.05) is 29.8 Å². The Morgan fingerprint density at radius 1 is 1.22 bits per heavy atom. The van der Waals surface area contributed by atoms with Crippen LogP contribution in [0.5, 0.6) is 0 Å². The lowest BCUT2D eigenvalue weighted by atomic mass is 10.2. The predicted octanol–water partition coefficient (Wildman–Crippen LogP) is 2.89. The molecule has 0 spiro atoms. The van der Waals surface area contributed by atoms with Gasteiger partial charge >= 0.3 is 5.76 Å². The van der Waals surface area contributed by atoms with Crippen molar-refractivity contribution in [2.45, 2.75) is 11.8 Å². The van der Waals surface area contributed by atoms with E-state index in [0.717, 1.165) is 5.56 Å². The number of nitrogens with one attached hydrogen (secondary N) is 1. The molecule has 1 aromatic heterocycles. The smallest absolute Gasteiger partial charge is 0.408 e. The van der Waals surface area contributed by atoms with Crippen LogP contribution in [0.3, 0.4) is 0 Å². The van der Waals surface area contributed by atoms with Crippen molar-refractivity contribution in [2.24, 2.45) is 7.05 Å². The number of aromatic nitrogens is 1. The third-order valence-electron chi connectivity index (χ3n) is 3.52. The monoisotopic (exact) mass is 352 g/mol. The molecule has 2 aromatic carbocycles. The van der Waals surface area contributed by atoms with Crippen molar-refractivity contribution in [3.63, 3.8) is 0 Å². The minimum Gasteiger partial charge on any atom is -0.408 e. The van der Waals surface area contributed by atoms with Crippen LogP contribution < -0.4 is 10.5 Å². The molecule has 1 heterocycles. The third kappa shape index (κ3) is 2.73. The average Bonchev–Trinajstić information content (AvgIpc) is 2.76. The highest BCUT2D eigenvalue weighted by molar-refractivity contribution is 7.92. The van der Waals surface area contributed by atoms with Crippen LogP contribution in [0.1, 0.15) is 5.56 Å². The van der Waals surface area contributed by atoms with E-state index in [4.69, 9.17) is 16.0 Å². The van der Waals surface area contributed by atoms with E-state index in [1.807, 2.05) is 6.07 Å². The normalized spacial score (nSPS) is 11.8. The van der Waals surface area contributed by atoms with E-state index < -0.39 is 15.8 Å². The van der Waals surface area contributed by atoms with Crippen LogP contribution in [-0.2, 0) is 17.1 Å². The Bertz CT molecular complexity index is 1070. The maximum Gasteiger partial charge on any atom is 0.419 e. The number of para-hydroxylation sites is 1. The lowest BCUT2D eigenvalue weighted by molar-refractivity contribution is 0.527. The molecule has 0 radical (unpaired) electrons. The van der Waals surface area contributed by atoms with Crippen LogP contribution >= 0.6 is 11.6 Å². The largest absolute Gasteiger partial charge is 0.419 e. The van der Waals surface area contributed by atoms with E-state index in [-0.39, 0.29) is 15.5 Å². The molecule has 0 amide bonds. The van der Waals surface area contributed by atoms with Crippen molar-refractivity contribution in [3.05, 3.63) is 57.5 Å². The van der Waals surface area contributed by atoms with Crippen molar-refractivity contribution in [1.82, 2.24) is 4.57 Å². The molecule has 23 heavy (non-hydrogen) atoms. The number of hydrogen-bond acceptors (Lipinski definition) is 4. The molecule has 120 valence electrons. The molecule has 3 aromatic rings. The number of aryl methyl sites for hydroxylation is 2. The van der Waals surface area contributed by atoms with Crippen molar-refractivity contribution in [3.8, 4) is 0 Å². The van der Waals surface area contributed by atoms with Crippen LogP contribution in [0.4, 0.5) is 5.69 Å². The van der Waals surface area contributed by atoms with E-state index >= 15 is 0 Å². The molecule has 0 aliphatic carbocycles. The van der Waals surface area contributed by atoms with Gasteiger partial charge in [-0.25, -0.2) is 13.2 Å². The number of sulfonamides is 1. The summed E-state index contributed by atoms with van der Waals surface area (Å²) in [5.74, 6) is -0.586. The third-order valence-corrected chi connectivity index (χ3v) is 5.36. The number of oxazole rings is 1. The van der Waals surface area contributed by atoms with Gasteiger partial charge in [0.25, 0.3) is 10.0 Å². The first-order chi connectivity index (χ1) is 10.8. The lowest BCUT2D eigenvalue weighted by Crippen LogP contribution is -2.14. The molecule has 6 nitrogen and oxygen atoms in total. The van der Waals surface area contributed by atoms with Gasteiger partial charge in [-0.05, 0) is 24.6 Å². The van der Waals surface area contributed by atoms with Gasteiger partial charge in [-0.15, -0.1) is 0 Å². The van der Waals surface area contributed by atoms with Crippen LogP contribution in [0.2, 0.25) is 5.02 Å². The summed E-state index contributed by atoms with van der Waals surface area (Å²) in [6.07, 6.45) is 0. The Hall–Kier alpha value is -2.25. The second kappa shape index (κ2) is 5.43. The Morgan fingerprint density at radius 3 is 2.61 bits per heavy atom. The molecule has 0 unspecified atom stereocenters. The van der Waals surface area contributed by atoms with Crippen LogP contribution in [0, 0.1) is 6.92 Å². The van der Waals surface area contributed by atoms with Crippen molar-refractivity contribution in [2.75, 3.05) is 4.72 Å². The van der Waals surface area contributed by atoms with Gasteiger partial charge in [0.15, 0.2) is 5.58 Å². The number of rotatable bonds is 3. The summed E-state index contributed by atoms with van der Waals surface area (Å²) in [5.41, 5.74) is 1.82. The zero-order valence-corrected chi connectivity index (χ0v) is 13.9. The zero-order chi connectivity index (χ0) is 16.8. The van der Waals surface area contributed by atoms with Crippen LogP contribution in [0.25, 0.3) is 11.1 Å². The van der Waals surface area contributed by atoms with Crippen LogP contribution in [-0.4, -0.2) is 13.0 Å². The topological polar surface area (TPSA) is 81.3 Å². The van der Waals surface area contributed by atoms with Gasteiger partial charge in [0.1, 0.15) is 4.90 Å². The summed E-state index contributed by atoms with van der Waals surface area (Å²) in [6.45, 7) is 1.79. The van der Waals surface area contributed by atoms with Gasteiger partial charge in [0.05, 0.1) is 16.2 Å². The Labute approximate surface area is 137 Å². The second-order valence-electron chi connectivity index (χ2n) is 5.10. The molecule has 8 heteroatoms. The standard InChI is InChI=1S/C15H13ClN2O4S/c1-9-5-3-4-6-11(9)17-23(20,21)14-8-13-12(7-10(14)16)18(2)15(19)22-13/h3-8,17H,1-2H3. The maximum atomic E-state index is 12.6. The van der Waals surface area contributed by atoms with Crippen LogP contribution in [0.15, 0.2) is 50.5 Å². The summed E-state index contributed by atoms with van der Waals surface area (Å²) in [6, 6.07) is 9.63. The summed E-state index contributed by atoms with van der Waals surface area (Å²) < 4.78 is 33.9. The Balaban J connectivity index is 2.13. The first-order valence-electron chi connectivity index (χ1n) is 6.67. The predicted molar refractivity (Wildman–Crippen MR) is 88.5 cm³/mol. The average molecular weight is 353 g/mol. The van der Waals surface area contributed by atoms with E-state index in [9.17, 15) is 13.2 Å². The highest BCUT2D eigenvalue weighted by Gasteiger charge is 2.21. The molecule has 0 bridgehead atoms. The van der Waals surface area contributed by atoms with E-state index in [1.54, 1.807) is 25.1 Å². The molecule has 0 saturated heterocycles. The number of hydrogen-bond donors (Lipinski definition) is 1. The summed E-state index contributed by atoms with van der Waals surface area (Å²) in [7, 11) is -2.40. The van der Waals surface area contributed by atoms with E-state index in [0.29, 0.717) is 11.2 Å². The summed E-state index contributed by atoms with van der Waals surface area (Å²) >= 11 is 6.10. The molecule has 0 aliphatic heterocycles. The molecular weight excluding hydrogens is 340 g/mol. The highest BCUT2D eigenvalue weighted by atomic mass is 35.5. The van der Waals surface area contributed by atoms with Crippen molar-refractivity contribution < 1.29 is 12.8 Å². The summed E-state index contributed by atoms with van der Waals surface area (Å²) in [4.78, 5) is 11.4. The summed E-state index contributed by atoms with van der Waals surface area (Å²) in [5, 5.41) is 0.00924. The fourth-order valence-corrected chi connectivity index (χ4v) is 3.89. The lowest BCUT2D eigenvalue weighted by Gasteiger charge is -2.11. The number of halogens is 1. The Morgan fingerprint density at radius 2 is 1.91 bits per heavy atom. The van der Waals surface area contributed by atoms with E-state index in [1.165, 1.54) is 23.7 Å². The van der Waals surface area contributed by atoms with E-state index in [2.05, 4.69) is 4.72 Å². The van der Waals surface area contributed by atoms with Gasteiger partial charge < -0.3 is 4.42 Å². The quantitative estimate of drug-likeness (QED) is 0.785. The SMILES string of the molecule is Cc1ccccc1NS(=O)(=O)c1cc2oc(=O)n(C)c2cc1Cl. The number of nitrogens with zero attached hydrogens (tertiary/aromatic N) is 1. The van der Waals surface area contributed by atoms with Gasteiger partial charge in [0, 0.05) is 13.1 Å². The molecule has 0 aliphatic rings. The fourth-order valence-electron chi connectivity index (χ4n) is 2.22. The zero-order valence-electron chi connectivity index (χ0n) is 12.3. The van der Waals surface area contributed by atoms with Gasteiger partial charge in [0.2, 0.25) is 0 Å². The maximum absolute atomic E-state index is 12.6. The second-order valence-corrected chi connectivity index (χ2v) is 7.16. The molecule has 0 fully saturated rings. The molecule has 1 N–H and O–H groups in total. The number of benzene rings is 2. The fraction of sp³-hybridized carbons (Fsp3) is 0.133.